The Morgan fingerprint density at radius 1 is 1.06 bits per heavy atom. The van der Waals surface area contributed by atoms with Crippen LogP contribution in [-0.4, -0.2) is 24.0 Å². The summed E-state index contributed by atoms with van der Waals surface area (Å²) in [6, 6.07) is 18.4. The fourth-order valence-corrected chi connectivity index (χ4v) is 4.83. The van der Waals surface area contributed by atoms with E-state index in [1.807, 2.05) is 42.5 Å². The number of halogens is 1. The molecule has 32 heavy (non-hydrogen) atoms. The second-order valence-corrected chi connectivity index (χ2v) is 8.81. The van der Waals surface area contributed by atoms with E-state index < -0.39 is 5.97 Å². The smallest absolute Gasteiger partial charge is 0.340 e. The summed E-state index contributed by atoms with van der Waals surface area (Å²) in [5, 5.41) is 4.72. The molecular formula is C25H21ClN2O3S. The van der Waals surface area contributed by atoms with Gasteiger partial charge in [0, 0.05) is 20.8 Å². The van der Waals surface area contributed by atoms with E-state index in [9.17, 15) is 9.59 Å². The standard InChI is InChI=1S/C25H21ClN2O3S/c1-3-7-17-13-20(25(30)31-2)24(32-17)28-23(29)19-14-22(15-8-6-9-16(26)12-15)27-21-11-5-4-10-18(19)21/h4-6,8-14H,3,7H2,1-2H3,(H,28,29). The molecule has 2 aromatic heterocycles. The number of aryl methyl sites for hydroxylation is 1. The van der Waals surface area contributed by atoms with Crippen molar-refractivity contribution in [3.63, 3.8) is 0 Å². The van der Waals surface area contributed by atoms with E-state index in [1.54, 1.807) is 18.2 Å². The van der Waals surface area contributed by atoms with Gasteiger partial charge in [0.1, 0.15) is 5.00 Å². The van der Waals surface area contributed by atoms with Crippen molar-refractivity contribution in [2.75, 3.05) is 12.4 Å². The normalized spacial score (nSPS) is 10.8. The molecule has 4 rings (SSSR count). The van der Waals surface area contributed by atoms with Crippen molar-refractivity contribution in [3.8, 4) is 11.3 Å². The van der Waals surface area contributed by atoms with Gasteiger partial charge < -0.3 is 10.1 Å². The van der Waals surface area contributed by atoms with Gasteiger partial charge in [0.05, 0.1) is 29.4 Å². The molecule has 7 heteroatoms. The van der Waals surface area contributed by atoms with Crippen molar-refractivity contribution in [1.29, 1.82) is 0 Å². The number of aromatic nitrogens is 1. The highest BCUT2D eigenvalue weighted by Crippen LogP contribution is 2.32. The molecule has 1 amide bonds. The summed E-state index contributed by atoms with van der Waals surface area (Å²) in [6.45, 7) is 2.07. The Bertz CT molecular complexity index is 1320. The number of benzene rings is 2. The van der Waals surface area contributed by atoms with Gasteiger partial charge in [0.2, 0.25) is 0 Å². The SMILES string of the molecule is CCCc1cc(C(=O)OC)c(NC(=O)c2cc(-c3cccc(Cl)c3)nc3ccccc23)s1. The summed E-state index contributed by atoms with van der Waals surface area (Å²) in [5.74, 6) is -0.792. The Morgan fingerprint density at radius 3 is 2.62 bits per heavy atom. The summed E-state index contributed by atoms with van der Waals surface area (Å²) >= 11 is 7.55. The fraction of sp³-hybridized carbons (Fsp3) is 0.160. The number of carbonyl (C=O) groups is 2. The van der Waals surface area contributed by atoms with Crippen molar-refractivity contribution in [2.45, 2.75) is 19.8 Å². The van der Waals surface area contributed by atoms with Crippen LogP contribution < -0.4 is 5.32 Å². The molecule has 5 nitrogen and oxygen atoms in total. The number of rotatable bonds is 6. The summed E-state index contributed by atoms with van der Waals surface area (Å²) in [4.78, 5) is 31.4. The maximum Gasteiger partial charge on any atom is 0.340 e. The molecule has 0 saturated heterocycles. The third-order valence-corrected chi connectivity index (χ3v) is 6.34. The van der Waals surface area contributed by atoms with Crippen molar-refractivity contribution in [2.24, 2.45) is 0 Å². The average Bonchev–Trinajstić information content (AvgIpc) is 3.20. The average molecular weight is 465 g/mol. The van der Waals surface area contributed by atoms with Gasteiger partial charge in [-0.2, -0.15) is 0 Å². The number of esters is 1. The first-order valence-electron chi connectivity index (χ1n) is 10.2. The van der Waals surface area contributed by atoms with Crippen LogP contribution >= 0.6 is 22.9 Å². The second-order valence-electron chi connectivity index (χ2n) is 7.23. The van der Waals surface area contributed by atoms with Crippen LogP contribution in [0.4, 0.5) is 5.00 Å². The number of thiophene rings is 1. The molecule has 0 bridgehead atoms. The third kappa shape index (κ3) is 4.52. The molecule has 0 saturated carbocycles. The highest BCUT2D eigenvalue weighted by atomic mass is 35.5. The van der Waals surface area contributed by atoms with Gasteiger partial charge in [-0.05, 0) is 36.8 Å². The molecule has 2 aromatic carbocycles. The molecule has 0 aliphatic heterocycles. The Kier molecular flexibility index (Phi) is 6.53. The number of hydrogen-bond donors (Lipinski definition) is 1. The van der Waals surface area contributed by atoms with Crippen LogP contribution in [0.25, 0.3) is 22.2 Å². The van der Waals surface area contributed by atoms with Crippen LogP contribution in [0.1, 0.15) is 38.9 Å². The van der Waals surface area contributed by atoms with Gasteiger partial charge in [-0.25, -0.2) is 9.78 Å². The quantitative estimate of drug-likeness (QED) is 0.326. The zero-order chi connectivity index (χ0) is 22.7. The molecule has 0 atom stereocenters. The topological polar surface area (TPSA) is 68.3 Å². The second kappa shape index (κ2) is 9.51. The van der Waals surface area contributed by atoms with E-state index in [-0.39, 0.29) is 5.91 Å². The molecule has 4 aromatic rings. The van der Waals surface area contributed by atoms with Gasteiger partial charge >= 0.3 is 5.97 Å². The number of para-hydroxylation sites is 1. The zero-order valence-corrected chi connectivity index (χ0v) is 19.2. The highest BCUT2D eigenvalue weighted by molar-refractivity contribution is 7.16. The van der Waals surface area contributed by atoms with Crippen molar-refractivity contribution in [1.82, 2.24) is 4.98 Å². The van der Waals surface area contributed by atoms with Crippen LogP contribution in [0.5, 0.6) is 0 Å². The molecule has 2 heterocycles. The van der Waals surface area contributed by atoms with E-state index in [2.05, 4.69) is 12.2 Å². The van der Waals surface area contributed by atoms with Crippen LogP contribution in [0.3, 0.4) is 0 Å². The van der Waals surface area contributed by atoms with Crippen LogP contribution in [0, 0.1) is 0 Å². The van der Waals surface area contributed by atoms with Crippen LogP contribution in [0.2, 0.25) is 5.02 Å². The first-order valence-corrected chi connectivity index (χ1v) is 11.4. The number of methoxy groups -OCH3 is 1. The van der Waals surface area contributed by atoms with E-state index in [0.717, 1.165) is 28.7 Å². The van der Waals surface area contributed by atoms with Gasteiger partial charge in [0.25, 0.3) is 5.91 Å². The number of anilines is 1. The van der Waals surface area contributed by atoms with Crippen molar-refractivity contribution < 1.29 is 14.3 Å². The number of fused-ring (bicyclic) bond motifs is 1. The molecular weight excluding hydrogens is 444 g/mol. The first-order chi connectivity index (χ1) is 15.5. The fourth-order valence-electron chi connectivity index (χ4n) is 3.50. The van der Waals surface area contributed by atoms with E-state index in [4.69, 9.17) is 21.3 Å². The Hall–Kier alpha value is -3.22. The van der Waals surface area contributed by atoms with Crippen LogP contribution in [0.15, 0.2) is 60.7 Å². The Balaban J connectivity index is 1.78. The minimum atomic E-state index is -0.474. The van der Waals surface area contributed by atoms with E-state index >= 15 is 0 Å². The molecule has 0 spiro atoms. The van der Waals surface area contributed by atoms with Crippen molar-refractivity contribution in [3.05, 3.63) is 81.7 Å². The molecule has 0 unspecified atom stereocenters. The first kappa shape index (κ1) is 22.0. The minimum absolute atomic E-state index is 0.318. The van der Waals surface area contributed by atoms with Gasteiger partial charge in [0.15, 0.2) is 0 Å². The number of ether oxygens (including phenoxy) is 1. The van der Waals surface area contributed by atoms with Gasteiger partial charge in [-0.1, -0.05) is 55.3 Å². The zero-order valence-electron chi connectivity index (χ0n) is 17.6. The lowest BCUT2D eigenvalue weighted by atomic mass is 10.0. The number of hydrogen-bond acceptors (Lipinski definition) is 5. The van der Waals surface area contributed by atoms with E-state index in [0.29, 0.717) is 32.4 Å². The monoisotopic (exact) mass is 464 g/mol. The molecule has 0 aliphatic carbocycles. The Labute approximate surface area is 195 Å². The lowest BCUT2D eigenvalue weighted by Gasteiger charge is -2.11. The Morgan fingerprint density at radius 2 is 1.88 bits per heavy atom. The number of carbonyl (C=O) groups excluding carboxylic acids is 2. The number of nitrogens with zero attached hydrogens (tertiary/aromatic N) is 1. The largest absolute Gasteiger partial charge is 0.465 e. The summed E-state index contributed by atoms with van der Waals surface area (Å²) in [7, 11) is 1.33. The minimum Gasteiger partial charge on any atom is -0.465 e. The third-order valence-electron chi connectivity index (χ3n) is 4.99. The van der Waals surface area contributed by atoms with Crippen molar-refractivity contribution >= 4 is 50.7 Å². The predicted octanol–water partition coefficient (Wildman–Crippen LogP) is 6.61. The van der Waals surface area contributed by atoms with Gasteiger partial charge in [-0.3, -0.25) is 4.79 Å². The summed E-state index contributed by atoms with van der Waals surface area (Å²) in [6.07, 6.45) is 1.76. The highest BCUT2D eigenvalue weighted by Gasteiger charge is 2.21. The van der Waals surface area contributed by atoms with Gasteiger partial charge in [-0.15, -0.1) is 11.3 Å². The maximum atomic E-state index is 13.4. The number of pyridine rings is 1. The van der Waals surface area contributed by atoms with E-state index in [1.165, 1.54) is 18.4 Å². The lowest BCUT2D eigenvalue weighted by Crippen LogP contribution is -2.14. The summed E-state index contributed by atoms with van der Waals surface area (Å²) in [5.41, 5.74) is 2.98. The number of nitrogens with one attached hydrogen (secondary N) is 1. The van der Waals surface area contributed by atoms with Crippen LogP contribution in [-0.2, 0) is 11.2 Å². The molecule has 0 fully saturated rings. The predicted molar refractivity (Wildman–Crippen MR) is 130 cm³/mol. The molecule has 162 valence electrons. The molecule has 1 N–H and O–H groups in total. The lowest BCUT2D eigenvalue weighted by molar-refractivity contribution is 0.0602. The maximum absolute atomic E-state index is 13.4. The molecule has 0 radical (unpaired) electrons. The number of amides is 1. The molecule has 0 aliphatic rings. The summed E-state index contributed by atoms with van der Waals surface area (Å²) < 4.78 is 4.91.